The SMILES string of the molecule is CCOC(=O)[C@]1(N)[C@H](c2ccc(Cl)cc2)[C@@H]1S(=O)(=O)CC. The Labute approximate surface area is 129 Å². The summed E-state index contributed by atoms with van der Waals surface area (Å²) in [5.41, 5.74) is 5.27. The molecule has 0 spiro atoms. The quantitative estimate of drug-likeness (QED) is 0.826. The number of halogens is 1. The number of ether oxygens (including phenoxy) is 1. The van der Waals surface area contributed by atoms with Gasteiger partial charge in [-0.1, -0.05) is 30.7 Å². The maximum atomic E-state index is 12.2. The third kappa shape index (κ3) is 2.67. The molecule has 5 nitrogen and oxygen atoms in total. The highest BCUT2D eigenvalue weighted by atomic mass is 35.5. The Morgan fingerprint density at radius 2 is 1.90 bits per heavy atom. The largest absolute Gasteiger partial charge is 0.465 e. The molecule has 2 N–H and O–H groups in total. The van der Waals surface area contributed by atoms with Gasteiger partial charge >= 0.3 is 5.97 Å². The summed E-state index contributed by atoms with van der Waals surface area (Å²) < 4.78 is 29.4. The molecule has 7 heteroatoms. The van der Waals surface area contributed by atoms with Crippen LogP contribution in [0.1, 0.15) is 25.3 Å². The van der Waals surface area contributed by atoms with Crippen molar-refractivity contribution >= 4 is 27.4 Å². The van der Waals surface area contributed by atoms with E-state index in [4.69, 9.17) is 22.1 Å². The van der Waals surface area contributed by atoms with E-state index in [1.165, 1.54) is 6.92 Å². The molecule has 0 radical (unpaired) electrons. The van der Waals surface area contributed by atoms with Crippen molar-refractivity contribution in [1.29, 1.82) is 0 Å². The average molecular weight is 332 g/mol. The fourth-order valence-corrected chi connectivity index (χ4v) is 4.72. The first-order chi connectivity index (χ1) is 9.79. The third-order valence-corrected chi connectivity index (χ3v) is 6.32. The smallest absolute Gasteiger partial charge is 0.328 e. The maximum absolute atomic E-state index is 12.2. The minimum Gasteiger partial charge on any atom is -0.465 e. The molecule has 1 aromatic carbocycles. The molecule has 0 aromatic heterocycles. The fourth-order valence-electron chi connectivity index (χ4n) is 2.68. The minimum atomic E-state index is -3.46. The second-order valence-electron chi connectivity index (χ2n) is 5.05. The van der Waals surface area contributed by atoms with E-state index < -0.39 is 32.5 Å². The van der Waals surface area contributed by atoms with Crippen LogP contribution in [0.4, 0.5) is 0 Å². The van der Waals surface area contributed by atoms with E-state index in [-0.39, 0.29) is 12.4 Å². The van der Waals surface area contributed by atoms with Crippen molar-refractivity contribution in [3.8, 4) is 0 Å². The molecular weight excluding hydrogens is 314 g/mol. The van der Waals surface area contributed by atoms with Crippen LogP contribution in [0.3, 0.4) is 0 Å². The minimum absolute atomic E-state index is 0.0693. The van der Waals surface area contributed by atoms with Gasteiger partial charge in [-0.05, 0) is 24.6 Å². The summed E-state index contributed by atoms with van der Waals surface area (Å²) in [5.74, 6) is -1.34. The van der Waals surface area contributed by atoms with Gasteiger partial charge in [-0.3, -0.25) is 0 Å². The van der Waals surface area contributed by atoms with Crippen LogP contribution in [0, 0.1) is 0 Å². The lowest BCUT2D eigenvalue weighted by Gasteiger charge is -2.10. The van der Waals surface area contributed by atoms with Crippen LogP contribution < -0.4 is 5.73 Å². The zero-order valence-electron chi connectivity index (χ0n) is 11.9. The van der Waals surface area contributed by atoms with Crippen molar-refractivity contribution in [2.75, 3.05) is 12.4 Å². The van der Waals surface area contributed by atoms with Gasteiger partial charge in [0.2, 0.25) is 0 Å². The van der Waals surface area contributed by atoms with Crippen LogP contribution in [0.25, 0.3) is 0 Å². The highest BCUT2D eigenvalue weighted by Gasteiger charge is 2.74. The standard InChI is InChI=1S/C14H18ClNO4S/c1-3-20-13(17)14(16)11(12(14)21(18,19)4-2)9-5-7-10(15)8-6-9/h5-8,11-12H,3-4,16H2,1-2H3/t11-,12+,14+/m1/s1. The van der Waals surface area contributed by atoms with Gasteiger partial charge in [-0.2, -0.15) is 0 Å². The van der Waals surface area contributed by atoms with Gasteiger partial charge < -0.3 is 10.5 Å². The zero-order valence-corrected chi connectivity index (χ0v) is 13.4. The van der Waals surface area contributed by atoms with Crippen LogP contribution >= 0.6 is 11.6 Å². The van der Waals surface area contributed by atoms with E-state index in [0.717, 1.165) is 0 Å². The number of carbonyl (C=O) groups is 1. The lowest BCUT2D eigenvalue weighted by atomic mass is 10.1. The van der Waals surface area contributed by atoms with Gasteiger partial charge in [0.15, 0.2) is 9.84 Å². The Kier molecular flexibility index (Phi) is 4.33. The molecule has 2 rings (SSSR count). The average Bonchev–Trinajstić information content (AvgIpc) is 3.09. The first-order valence-electron chi connectivity index (χ1n) is 6.72. The first kappa shape index (κ1) is 16.3. The van der Waals surface area contributed by atoms with Crippen molar-refractivity contribution in [2.45, 2.75) is 30.6 Å². The molecule has 1 aliphatic rings. The number of rotatable bonds is 5. The van der Waals surface area contributed by atoms with E-state index in [1.54, 1.807) is 31.2 Å². The lowest BCUT2D eigenvalue weighted by molar-refractivity contribution is -0.145. The highest BCUT2D eigenvalue weighted by molar-refractivity contribution is 7.92. The predicted molar refractivity (Wildman–Crippen MR) is 81.0 cm³/mol. The summed E-state index contributed by atoms with van der Waals surface area (Å²) in [6.07, 6.45) is 0. The number of carbonyl (C=O) groups excluding carboxylic acids is 1. The lowest BCUT2D eigenvalue weighted by Crippen LogP contribution is -2.41. The van der Waals surface area contributed by atoms with Crippen LogP contribution in [-0.4, -0.2) is 37.5 Å². The molecule has 21 heavy (non-hydrogen) atoms. The Hall–Kier alpha value is -1.11. The Morgan fingerprint density at radius 3 is 2.38 bits per heavy atom. The van der Waals surface area contributed by atoms with Gasteiger partial charge in [0.05, 0.1) is 11.9 Å². The molecule has 0 amide bonds. The molecule has 0 bridgehead atoms. The molecule has 1 aromatic rings. The number of esters is 1. The number of sulfone groups is 1. The maximum Gasteiger partial charge on any atom is 0.328 e. The van der Waals surface area contributed by atoms with E-state index in [0.29, 0.717) is 10.6 Å². The topological polar surface area (TPSA) is 86.5 Å². The number of benzene rings is 1. The molecule has 0 unspecified atom stereocenters. The van der Waals surface area contributed by atoms with Crippen LogP contribution in [0.5, 0.6) is 0 Å². The van der Waals surface area contributed by atoms with Gasteiger partial charge in [0.25, 0.3) is 0 Å². The molecule has 0 saturated heterocycles. The summed E-state index contributed by atoms with van der Waals surface area (Å²) in [6.45, 7) is 3.35. The molecule has 1 fully saturated rings. The summed E-state index contributed by atoms with van der Waals surface area (Å²) in [5, 5.41) is -0.414. The third-order valence-electron chi connectivity index (χ3n) is 3.83. The molecule has 0 aliphatic heterocycles. The van der Waals surface area contributed by atoms with Crippen LogP contribution in [0.15, 0.2) is 24.3 Å². The van der Waals surface area contributed by atoms with Crippen molar-refractivity contribution in [3.63, 3.8) is 0 Å². The summed E-state index contributed by atoms with van der Waals surface area (Å²) >= 11 is 5.83. The van der Waals surface area contributed by atoms with Gasteiger partial charge in [0, 0.05) is 16.7 Å². The van der Waals surface area contributed by atoms with Crippen molar-refractivity contribution in [1.82, 2.24) is 0 Å². The normalized spacial score (nSPS) is 28.2. The predicted octanol–water partition coefficient (Wildman–Crippen LogP) is 1.50. The van der Waals surface area contributed by atoms with Crippen LogP contribution in [0.2, 0.25) is 5.02 Å². The molecule has 116 valence electrons. The van der Waals surface area contributed by atoms with Crippen LogP contribution in [-0.2, 0) is 19.4 Å². The zero-order chi connectivity index (χ0) is 15.8. The molecule has 3 atom stereocenters. The van der Waals surface area contributed by atoms with Crippen molar-refractivity contribution < 1.29 is 17.9 Å². The summed E-state index contributed by atoms with van der Waals surface area (Å²) in [4.78, 5) is 12.1. The van der Waals surface area contributed by atoms with E-state index in [1.807, 2.05) is 0 Å². The second-order valence-corrected chi connectivity index (χ2v) is 7.90. The second kappa shape index (κ2) is 5.59. The van der Waals surface area contributed by atoms with Gasteiger partial charge in [-0.25, -0.2) is 13.2 Å². The number of hydrogen-bond donors (Lipinski definition) is 1. The van der Waals surface area contributed by atoms with E-state index in [9.17, 15) is 13.2 Å². The monoisotopic (exact) mass is 331 g/mol. The Bertz CT molecular complexity index is 643. The molecule has 1 aliphatic carbocycles. The summed E-state index contributed by atoms with van der Waals surface area (Å²) in [6, 6.07) is 6.69. The Balaban J connectivity index is 2.42. The van der Waals surface area contributed by atoms with Gasteiger partial charge in [0.1, 0.15) is 5.54 Å². The van der Waals surface area contributed by atoms with Gasteiger partial charge in [-0.15, -0.1) is 0 Å². The molecular formula is C14H18ClNO4S. The first-order valence-corrected chi connectivity index (χ1v) is 8.81. The fraction of sp³-hybridized carbons (Fsp3) is 0.500. The van der Waals surface area contributed by atoms with E-state index >= 15 is 0 Å². The number of nitrogens with two attached hydrogens (primary N) is 1. The number of hydrogen-bond acceptors (Lipinski definition) is 5. The highest BCUT2D eigenvalue weighted by Crippen LogP contribution is 2.55. The van der Waals surface area contributed by atoms with E-state index in [2.05, 4.69) is 0 Å². The Morgan fingerprint density at radius 1 is 1.33 bits per heavy atom. The summed E-state index contributed by atoms with van der Waals surface area (Å²) in [7, 11) is -3.46. The molecule has 0 heterocycles. The van der Waals surface area contributed by atoms with Crippen molar-refractivity contribution in [3.05, 3.63) is 34.9 Å². The van der Waals surface area contributed by atoms with Crippen molar-refractivity contribution in [2.24, 2.45) is 5.73 Å². The molecule has 1 saturated carbocycles.